The number of hydrogen-bond donors (Lipinski definition) is 1. The van der Waals surface area contributed by atoms with Gasteiger partial charge in [-0.05, 0) is 18.8 Å². The van der Waals surface area contributed by atoms with E-state index >= 15 is 0 Å². The predicted octanol–water partition coefficient (Wildman–Crippen LogP) is 1.24. The van der Waals surface area contributed by atoms with Gasteiger partial charge in [-0.15, -0.1) is 0 Å². The Bertz CT molecular complexity index is 203. The molecule has 1 aliphatic heterocycles. The van der Waals surface area contributed by atoms with E-state index in [1.165, 1.54) is 0 Å². The molecule has 3 heteroatoms. The van der Waals surface area contributed by atoms with Gasteiger partial charge in [0.1, 0.15) is 0 Å². The Morgan fingerprint density at radius 1 is 1.57 bits per heavy atom. The average molecular weight is 198 g/mol. The maximum absolute atomic E-state index is 11.6. The Kier molecular flexibility index (Phi) is 3.93. The topological polar surface area (TPSA) is 32.3 Å². The molecule has 1 amide bonds. The molecule has 3 nitrogen and oxygen atoms in total. The van der Waals surface area contributed by atoms with E-state index in [0.29, 0.717) is 12.0 Å². The van der Waals surface area contributed by atoms with Crippen LogP contribution in [0.3, 0.4) is 0 Å². The van der Waals surface area contributed by atoms with Crippen molar-refractivity contribution in [1.29, 1.82) is 0 Å². The molecule has 1 rings (SSSR count). The molecule has 0 aromatic carbocycles. The van der Waals surface area contributed by atoms with Crippen molar-refractivity contribution in [2.75, 3.05) is 13.6 Å². The summed E-state index contributed by atoms with van der Waals surface area (Å²) < 4.78 is 0. The number of nitrogens with one attached hydrogen (secondary N) is 1. The minimum atomic E-state index is 0.0624. The third-order valence-corrected chi connectivity index (χ3v) is 3.09. The van der Waals surface area contributed by atoms with Crippen LogP contribution in [0.25, 0.3) is 0 Å². The van der Waals surface area contributed by atoms with E-state index < -0.39 is 0 Å². The molecule has 0 aromatic rings. The molecule has 0 radical (unpaired) electrons. The molecule has 2 atom stereocenters. The lowest BCUT2D eigenvalue weighted by molar-refractivity contribution is -0.128. The first-order valence-electron chi connectivity index (χ1n) is 5.57. The Morgan fingerprint density at radius 3 is 2.57 bits per heavy atom. The fourth-order valence-electron chi connectivity index (χ4n) is 2.02. The highest BCUT2D eigenvalue weighted by molar-refractivity contribution is 5.83. The van der Waals surface area contributed by atoms with Crippen LogP contribution in [0.1, 0.15) is 33.6 Å². The largest absolute Gasteiger partial charge is 0.344 e. The molecule has 1 aliphatic rings. The van der Waals surface area contributed by atoms with Crippen molar-refractivity contribution in [3.63, 3.8) is 0 Å². The van der Waals surface area contributed by atoms with E-state index in [1.807, 2.05) is 11.9 Å². The second-order valence-electron chi connectivity index (χ2n) is 4.53. The number of nitrogens with zero attached hydrogens (tertiary/aromatic N) is 1. The Labute approximate surface area is 86.9 Å². The first-order valence-corrected chi connectivity index (χ1v) is 5.57. The molecule has 1 heterocycles. The van der Waals surface area contributed by atoms with Crippen LogP contribution >= 0.6 is 0 Å². The van der Waals surface area contributed by atoms with Crippen molar-refractivity contribution in [2.45, 2.75) is 45.7 Å². The van der Waals surface area contributed by atoms with Crippen molar-refractivity contribution >= 4 is 5.91 Å². The van der Waals surface area contributed by atoms with Crippen molar-refractivity contribution in [2.24, 2.45) is 5.92 Å². The van der Waals surface area contributed by atoms with Crippen LogP contribution in [0.5, 0.6) is 0 Å². The zero-order valence-electron chi connectivity index (χ0n) is 9.71. The second-order valence-corrected chi connectivity index (χ2v) is 4.53. The van der Waals surface area contributed by atoms with Gasteiger partial charge < -0.3 is 10.2 Å². The third kappa shape index (κ3) is 2.47. The maximum Gasteiger partial charge on any atom is 0.239 e. The van der Waals surface area contributed by atoms with Gasteiger partial charge in [0.2, 0.25) is 5.91 Å². The summed E-state index contributed by atoms with van der Waals surface area (Å²) in [6.45, 7) is 7.46. The minimum absolute atomic E-state index is 0.0624. The fraction of sp³-hybridized carbons (Fsp3) is 0.909. The van der Waals surface area contributed by atoms with Gasteiger partial charge in [-0.1, -0.05) is 20.8 Å². The van der Waals surface area contributed by atoms with Crippen molar-refractivity contribution in [3.8, 4) is 0 Å². The molecule has 82 valence electrons. The first kappa shape index (κ1) is 11.5. The first-order chi connectivity index (χ1) is 6.56. The maximum atomic E-state index is 11.6. The van der Waals surface area contributed by atoms with Crippen LogP contribution in [0.15, 0.2) is 0 Å². The van der Waals surface area contributed by atoms with Crippen LogP contribution in [-0.4, -0.2) is 36.5 Å². The van der Waals surface area contributed by atoms with Crippen molar-refractivity contribution in [3.05, 3.63) is 0 Å². The minimum Gasteiger partial charge on any atom is -0.344 e. The quantitative estimate of drug-likeness (QED) is 0.737. The van der Waals surface area contributed by atoms with E-state index in [-0.39, 0.29) is 11.9 Å². The smallest absolute Gasteiger partial charge is 0.239 e. The summed E-state index contributed by atoms with van der Waals surface area (Å²) in [5, 5.41) is 3.45. The Balaban J connectivity index is 2.47. The standard InChI is InChI=1S/C11H22N2O/c1-5-9(8(2)3)12-10-6-7-13(4)11(10)14/h8-10,12H,5-7H2,1-4H3. The zero-order chi connectivity index (χ0) is 10.7. The highest BCUT2D eigenvalue weighted by atomic mass is 16.2. The number of rotatable bonds is 4. The monoisotopic (exact) mass is 198 g/mol. The van der Waals surface area contributed by atoms with Crippen LogP contribution < -0.4 is 5.32 Å². The summed E-state index contributed by atoms with van der Waals surface area (Å²) >= 11 is 0. The molecule has 0 spiro atoms. The Morgan fingerprint density at radius 2 is 2.21 bits per heavy atom. The molecule has 14 heavy (non-hydrogen) atoms. The third-order valence-electron chi connectivity index (χ3n) is 3.09. The second kappa shape index (κ2) is 4.78. The number of likely N-dealkylation sites (tertiary alicyclic amines) is 1. The SMILES string of the molecule is CCC(NC1CCN(C)C1=O)C(C)C. The lowest BCUT2D eigenvalue weighted by Crippen LogP contribution is -2.45. The summed E-state index contributed by atoms with van der Waals surface area (Å²) in [5.74, 6) is 0.850. The number of carbonyl (C=O) groups excluding carboxylic acids is 1. The number of amides is 1. The van der Waals surface area contributed by atoms with Gasteiger partial charge in [0.05, 0.1) is 6.04 Å². The van der Waals surface area contributed by atoms with Gasteiger partial charge in [-0.2, -0.15) is 0 Å². The highest BCUT2D eigenvalue weighted by Gasteiger charge is 2.30. The predicted molar refractivity (Wildman–Crippen MR) is 58.1 cm³/mol. The van der Waals surface area contributed by atoms with Gasteiger partial charge in [-0.25, -0.2) is 0 Å². The van der Waals surface area contributed by atoms with E-state index in [2.05, 4.69) is 26.1 Å². The summed E-state index contributed by atoms with van der Waals surface area (Å²) in [6.07, 6.45) is 2.05. The van der Waals surface area contributed by atoms with Crippen LogP contribution in [0.2, 0.25) is 0 Å². The average Bonchev–Trinajstić information content (AvgIpc) is 2.44. The van der Waals surface area contributed by atoms with E-state index in [0.717, 1.165) is 19.4 Å². The highest BCUT2D eigenvalue weighted by Crippen LogP contribution is 2.13. The molecule has 1 fully saturated rings. The molecule has 1 N–H and O–H groups in total. The molecule has 2 unspecified atom stereocenters. The van der Waals surface area contributed by atoms with Crippen molar-refractivity contribution in [1.82, 2.24) is 10.2 Å². The summed E-state index contributed by atoms with van der Waals surface area (Å²) in [7, 11) is 1.88. The van der Waals surface area contributed by atoms with Gasteiger partial charge in [0, 0.05) is 19.6 Å². The van der Waals surface area contributed by atoms with E-state index in [4.69, 9.17) is 0 Å². The molecule has 0 aromatic heterocycles. The van der Waals surface area contributed by atoms with Crippen LogP contribution in [-0.2, 0) is 4.79 Å². The van der Waals surface area contributed by atoms with Gasteiger partial charge in [0.15, 0.2) is 0 Å². The summed E-state index contributed by atoms with van der Waals surface area (Å²) in [4.78, 5) is 13.5. The summed E-state index contributed by atoms with van der Waals surface area (Å²) in [5.41, 5.74) is 0. The fourth-order valence-corrected chi connectivity index (χ4v) is 2.02. The number of likely N-dealkylation sites (N-methyl/N-ethyl adjacent to an activating group) is 1. The van der Waals surface area contributed by atoms with Gasteiger partial charge in [-0.3, -0.25) is 4.79 Å². The molecule has 0 saturated carbocycles. The van der Waals surface area contributed by atoms with Crippen LogP contribution in [0.4, 0.5) is 0 Å². The molecular formula is C11H22N2O. The lowest BCUT2D eigenvalue weighted by Gasteiger charge is -2.24. The van der Waals surface area contributed by atoms with Crippen molar-refractivity contribution < 1.29 is 4.79 Å². The molecular weight excluding hydrogens is 176 g/mol. The summed E-state index contributed by atoms with van der Waals surface area (Å²) in [6, 6.07) is 0.530. The van der Waals surface area contributed by atoms with Crippen LogP contribution in [0, 0.1) is 5.92 Å². The molecule has 0 bridgehead atoms. The number of carbonyl (C=O) groups is 1. The molecule has 0 aliphatic carbocycles. The van der Waals surface area contributed by atoms with E-state index in [9.17, 15) is 4.79 Å². The number of hydrogen-bond acceptors (Lipinski definition) is 2. The normalized spacial score (nSPS) is 24.8. The lowest BCUT2D eigenvalue weighted by atomic mass is 10.0. The van der Waals surface area contributed by atoms with E-state index in [1.54, 1.807) is 0 Å². The zero-order valence-corrected chi connectivity index (χ0v) is 9.71. The van der Waals surface area contributed by atoms with Gasteiger partial charge in [0.25, 0.3) is 0 Å². The van der Waals surface area contributed by atoms with Gasteiger partial charge >= 0.3 is 0 Å². The Hall–Kier alpha value is -0.570. The molecule has 1 saturated heterocycles.